The number of piperidine rings is 1. The third-order valence-corrected chi connectivity index (χ3v) is 3.65. The van der Waals surface area contributed by atoms with Gasteiger partial charge in [0.05, 0.1) is 6.61 Å². The summed E-state index contributed by atoms with van der Waals surface area (Å²) in [4.78, 5) is 27.4. The molecule has 0 aromatic heterocycles. The van der Waals surface area contributed by atoms with Gasteiger partial charge in [0.15, 0.2) is 0 Å². The maximum Gasteiger partial charge on any atom is 0.312 e. The number of rotatable bonds is 3. The quantitative estimate of drug-likeness (QED) is 0.753. The zero-order valence-electron chi connectivity index (χ0n) is 11.6. The SMILES string of the molecule is CCN(CCO)C(=O)C(=O)N1C(C)CCCC1C. The van der Waals surface area contributed by atoms with E-state index in [2.05, 4.69) is 0 Å². The third-order valence-electron chi connectivity index (χ3n) is 3.65. The Morgan fingerprint density at radius 1 is 1.28 bits per heavy atom. The molecular formula is C13H24N2O3. The summed E-state index contributed by atoms with van der Waals surface area (Å²) >= 11 is 0. The lowest BCUT2D eigenvalue weighted by atomic mass is 9.97. The van der Waals surface area contributed by atoms with Gasteiger partial charge < -0.3 is 14.9 Å². The van der Waals surface area contributed by atoms with Gasteiger partial charge in [0.1, 0.15) is 0 Å². The molecule has 0 bridgehead atoms. The van der Waals surface area contributed by atoms with Crippen LogP contribution in [-0.2, 0) is 9.59 Å². The maximum absolute atomic E-state index is 12.2. The van der Waals surface area contributed by atoms with E-state index in [0.29, 0.717) is 6.54 Å². The van der Waals surface area contributed by atoms with Crippen molar-refractivity contribution in [2.24, 2.45) is 0 Å². The number of aliphatic hydroxyl groups is 1. The van der Waals surface area contributed by atoms with E-state index in [4.69, 9.17) is 5.11 Å². The molecule has 1 heterocycles. The number of nitrogens with zero attached hydrogens (tertiary/aromatic N) is 2. The molecule has 1 rings (SSSR count). The highest BCUT2D eigenvalue weighted by Gasteiger charge is 2.34. The molecule has 5 heteroatoms. The van der Waals surface area contributed by atoms with Gasteiger partial charge in [0.2, 0.25) is 0 Å². The Morgan fingerprint density at radius 3 is 2.28 bits per heavy atom. The summed E-state index contributed by atoms with van der Waals surface area (Å²) in [5, 5.41) is 8.89. The summed E-state index contributed by atoms with van der Waals surface area (Å²) < 4.78 is 0. The third kappa shape index (κ3) is 3.22. The second-order valence-electron chi connectivity index (χ2n) is 4.95. The van der Waals surface area contributed by atoms with Gasteiger partial charge in [0.25, 0.3) is 0 Å². The first-order valence-corrected chi connectivity index (χ1v) is 6.75. The second kappa shape index (κ2) is 6.73. The number of likely N-dealkylation sites (N-methyl/N-ethyl adjacent to an activating group) is 1. The zero-order chi connectivity index (χ0) is 13.7. The van der Waals surface area contributed by atoms with Gasteiger partial charge >= 0.3 is 11.8 Å². The van der Waals surface area contributed by atoms with Crippen molar-refractivity contribution in [2.45, 2.75) is 52.1 Å². The lowest BCUT2D eigenvalue weighted by molar-refractivity contribution is -0.155. The molecule has 18 heavy (non-hydrogen) atoms. The van der Waals surface area contributed by atoms with Crippen LogP contribution < -0.4 is 0 Å². The van der Waals surface area contributed by atoms with E-state index in [0.717, 1.165) is 19.3 Å². The Labute approximate surface area is 109 Å². The molecule has 2 unspecified atom stereocenters. The Morgan fingerprint density at radius 2 is 1.83 bits per heavy atom. The first kappa shape index (κ1) is 15.0. The van der Waals surface area contributed by atoms with Crippen LogP contribution in [0.4, 0.5) is 0 Å². The van der Waals surface area contributed by atoms with Gasteiger partial charge in [-0.1, -0.05) is 0 Å². The normalized spacial score (nSPS) is 23.9. The average molecular weight is 256 g/mol. The van der Waals surface area contributed by atoms with Crippen molar-refractivity contribution in [3.63, 3.8) is 0 Å². The van der Waals surface area contributed by atoms with Crippen LogP contribution in [0, 0.1) is 0 Å². The molecule has 0 saturated carbocycles. The molecule has 1 aliphatic rings. The number of carbonyl (C=O) groups is 2. The zero-order valence-corrected chi connectivity index (χ0v) is 11.6. The summed E-state index contributed by atoms with van der Waals surface area (Å²) in [5.74, 6) is -0.919. The molecule has 0 spiro atoms. The van der Waals surface area contributed by atoms with Crippen molar-refractivity contribution in [3.8, 4) is 0 Å². The Bertz CT molecular complexity index is 297. The molecule has 1 aliphatic heterocycles. The molecule has 5 nitrogen and oxygen atoms in total. The highest BCUT2D eigenvalue weighted by atomic mass is 16.3. The van der Waals surface area contributed by atoms with Crippen molar-refractivity contribution in [1.82, 2.24) is 9.80 Å². The summed E-state index contributed by atoms with van der Waals surface area (Å²) in [6.45, 7) is 6.34. The first-order chi connectivity index (χ1) is 8.52. The molecule has 0 aromatic rings. The number of amides is 2. The predicted molar refractivity (Wildman–Crippen MR) is 69.0 cm³/mol. The van der Waals surface area contributed by atoms with Crippen LogP contribution in [0.15, 0.2) is 0 Å². The standard InChI is InChI=1S/C13H24N2O3/c1-4-14(8-9-16)12(17)13(18)15-10(2)6-5-7-11(15)3/h10-11,16H,4-9H2,1-3H3. The molecule has 104 valence electrons. The van der Waals surface area contributed by atoms with E-state index in [1.165, 1.54) is 4.90 Å². The summed E-state index contributed by atoms with van der Waals surface area (Å²) in [7, 11) is 0. The van der Waals surface area contributed by atoms with Crippen molar-refractivity contribution < 1.29 is 14.7 Å². The van der Waals surface area contributed by atoms with Crippen LogP contribution in [0.1, 0.15) is 40.0 Å². The van der Waals surface area contributed by atoms with Crippen LogP contribution in [0.25, 0.3) is 0 Å². The fraction of sp³-hybridized carbons (Fsp3) is 0.846. The largest absolute Gasteiger partial charge is 0.395 e. The predicted octanol–water partition coefficient (Wildman–Crippen LogP) is 0.617. The van der Waals surface area contributed by atoms with Crippen molar-refractivity contribution in [2.75, 3.05) is 19.7 Å². The Balaban J connectivity index is 2.75. The van der Waals surface area contributed by atoms with Crippen LogP contribution in [-0.4, -0.2) is 58.5 Å². The lowest BCUT2D eigenvalue weighted by Crippen LogP contribution is -2.54. The summed E-state index contributed by atoms with van der Waals surface area (Å²) in [6.07, 6.45) is 3.01. The average Bonchev–Trinajstić information content (AvgIpc) is 2.34. The second-order valence-corrected chi connectivity index (χ2v) is 4.95. The van der Waals surface area contributed by atoms with E-state index >= 15 is 0 Å². The van der Waals surface area contributed by atoms with E-state index in [1.807, 2.05) is 20.8 Å². The summed E-state index contributed by atoms with van der Waals surface area (Å²) in [5.41, 5.74) is 0. The van der Waals surface area contributed by atoms with E-state index < -0.39 is 11.8 Å². The molecule has 0 aliphatic carbocycles. The minimum absolute atomic E-state index is 0.113. The lowest BCUT2D eigenvalue weighted by Gasteiger charge is -2.39. The summed E-state index contributed by atoms with van der Waals surface area (Å²) in [6, 6.07) is 0.246. The number of hydrogen-bond acceptors (Lipinski definition) is 3. The first-order valence-electron chi connectivity index (χ1n) is 6.75. The van der Waals surface area contributed by atoms with Gasteiger partial charge in [-0.2, -0.15) is 0 Å². The number of aliphatic hydroxyl groups excluding tert-OH is 1. The molecule has 1 saturated heterocycles. The maximum atomic E-state index is 12.2. The highest BCUT2D eigenvalue weighted by molar-refractivity contribution is 6.35. The topological polar surface area (TPSA) is 60.9 Å². The minimum Gasteiger partial charge on any atom is -0.395 e. The van der Waals surface area contributed by atoms with Crippen molar-refractivity contribution in [3.05, 3.63) is 0 Å². The van der Waals surface area contributed by atoms with E-state index in [1.54, 1.807) is 4.90 Å². The fourth-order valence-electron chi connectivity index (χ4n) is 2.59. The monoisotopic (exact) mass is 256 g/mol. The van der Waals surface area contributed by atoms with Gasteiger partial charge in [0, 0.05) is 25.2 Å². The van der Waals surface area contributed by atoms with Crippen molar-refractivity contribution >= 4 is 11.8 Å². The number of likely N-dealkylation sites (tertiary alicyclic amines) is 1. The Hall–Kier alpha value is -1.10. The highest BCUT2D eigenvalue weighted by Crippen LogP contribution is 2.22. The van der Waals surface area contributed by atoms with Crippen LogP contribution >= 0.6 is 0 Å². The fourth-order valence-corrected chi connectivity index (χ4v) is 2.59. The molecule has 2 atom stereocenters. The molecular weight excluding hydrogens is 232 g/mol. The van der Waals surface area contributed by atoms with E-state index in [-0.39, 0.29) is 25.2 Å². The van der Waals surface area contributed by atoms with Crippen LogP contribution in [0.5, 0.6) is 0 Å². The van der Waals surface area contributed by atoms with Gasteiger partial charge in [-0.15, -0.1) is 0 Å². The molecule has 2 amide bonds. The van der Waals surface area contributed by atoms with Gasteiger partial charge in [-0.3, -0.25) is 9.59 Å². The van der Waals surface area contributed by atoms with Crippen LogP contribution in [0.2, 0.25) is 0 Å². The van der Waals surface area contributed by atoms with Gasteiger partial charge in [-0.05, 0) is 40.0 Å². The Kier molecular flexibility index (Phi) is 5.59. The van der Waals surface area contributed by atoms with Crippen molar-refractivity contribution in [1.29, 1.82) is 0 Å². The smallest absolute Gasteiger partial charge is 0.312 e. The number of hydrogen-bond donors (Lipinski definition) is 1. The molecule has 1 fully saturated rings. The number of carbonyl (C=O) groups excluding carboxylic acids is 2. The molecule has 1 N–H and O–H groups in total. The van der Waals surface area contributed by atoms with Crippen LogP contribution in [0.3, 0.4) is 0 Å². The van der Waals surface area contributed by atoms with E-state index in [9.17, 15) is 9.59 Å². The molecule has 0 aromatic carbocycles. The minimum atomic E-state index is -0.493. The molecule has 0 radical (unpaired) electrons. The van der Waals surface area contributed by atoms with Gasteiger partial charge in [-0.25, -0.2) is 0 Å².